The predicted molar refractivity (Wildman–Crippen MR) is 181 cm³/mol. The summed E-state index contributed by atoms with van der Waals surface area (Å²) in [6.07, 6.45) is 0. The fraction of sp³-hybridized carbons (Fsp3) is 0. The standard InChI is InChI=1S/C42H28/c1-3-14-30(15-4-1)35-19-9-10-20-36(35)42-38-22-12-11-21-37(38)41(31-16-5-2-6-17-31)40-28-34(25-26-39(40)42)33-24-23-29-13-7-8-18-32(29)27-33/h1-28H/i11D,12D,21D,22D,25D,26D,28D. The van der Waals surface area contributed by atoms with Crippen LogP contribution in [0.3, 0.4) is 0 Å². The van der Waals surface area contributed by atoms with Crippen LogP contribution < -0.4 is 0 Å². The first kappa shape index (κ1) is 18.1. The molecule has 0 aliphatic rings. The first-order chi connectivity index (χ1) is 23.8. The van der Waals surface area contributed by atoms with Crippen molar-refractivity contribution in [2.45, 2.75) is 0 Å². The molecule has 0 bridgehead atoms. The number of hydrogen-bond donors (Lipinski definition) is 0. The van der Waals surface area contributed by atoms with Crippen molar-refractivity contribution in [1.29, 1.82) is 0 Å². The van der Waals surface area contributed by atoms with Crippen LogP contribution in [0.25, 0.3) is 76.8 Å². The summed E-state index contributed by atoms with van der Waals surface area (Å²) in [5, 5.41) is 3.16. The molecule has 8 aromatic carbocycles. The van der Waals surface area contributed by atoms with E-state index in [2.05, 4.69) is 0 Å². The zero-order valence-corrected chi connectivity index (χ0v) is 22.6. The third-order valence-electron chi connectivity index (χ3n) is 7.88. The van der Waals surface area contributed by atoms with Crippen molar-refractivity contribution in [3.63, 3.8) is 0 Å². The lowest BCUT2D eigenvalue weighted by Gasteiger charge is -2.20. The van der Waals surface area contributed by atoms with Crippen molar-refractivity contribution in [2.75, 3.05) is 0 Å². The molecule has 0 unspecified atom stereocenters. The highest BCUT2D eigenvalue weighted by atomic mass is 14.2. The van der Waals surface area contributed by atoms with Gasteiger partial charge in [0.05, 0.1) is 9.60 Å². The van der Waals surface area contributed by atoms with Crippen LogP contribution in [0.2, 0.25) is 0 Å². The second-order valence-electron chi connectivity index (χ2n) is 10.3. The molecule has 0 heterocycles. The molecule has 0 saturated carbocycles. The summed E-state index contributed by atoms with van der Waals surface area (Å²) in [5.41, 5.74) is 4.78. The molecule has 0 N–H and O–H groups in total. The third-order valence-corrected chi connectivity index (χ3v) is 7.88. The molecule has 0 aromatic heterocycles. The molecule has 42 heavy (non-hydrogen) atoms. The maximum Gasteiger partial charge on any atom is 0.0636 e. The maximum absolute atomic E-state index is 9.89. The van der Waals surface area contributed by atoms with E-state index in [0.717, 1.165) is 21.9 Å². The SMILES string of the molecule is [2H]c1c([2H])c([2H])c2c(-c3ccccc3-c3ccccc3)c3c([2H])c([2H])c(-c4ccc5ccccc5c4)c([2H])c3c(-c3ccccc3)c2c1[2H]. The van der Waals surface area contributed by atoms with E-state index in [1.807, 2.05) is 127 Å². The highest BCUT2D eigenvalue weighted by Crippen LogP contribution is 2.46. The number of benzene rings is 8. The van der Waals surface area contributed by atoms with E-state index in [1.54, 1.807) is 0 Å². The van der Waals surface area contributed by atoms with Crippen LogP contribution in [-0.2, 0) is 0 Å². The van der Waals surface area contributed by atoms with Crippen molar-refractivity contribution in [1.82, 2.24) is 0 Å². The van der Waals surface area contributed by atoms with Gasteiger partial charge in [-0.25, -0.2) is 0 Å². The molecule has 0 saturated heterocycles. The summed E-state index contributed by atoms with van der Waals surface area (Å²) in [4.78, 5) is 0. The van der Waals surface area contributed by atoms with E-state index < -0.39 is 0 Å². The average Bonchev–Trinajstić information content (AvgIpc) is 3.15. The van der Waals surface area contributed by atoms with Gasteiger partial charge in [0.1, 0.15) is 0 Å². The minimum atomic E-state index is -0.384. The molecule has 0 amide bonds. The van der Waals surface area contributed by atoms with Crippen LogP contribution in [0.15, 0.2) is 170 Å². The van der Waals surface area contributed by atoms with Crippen LogP contribution >= 0.6 is 0 Å². The average molecular weight is 540 g/mol. The Balaban J connectivity index is 1.66. The van der Waals surface area contributed by atoms with E-state index in [4.69, 9.17) is 2.74 Å². The number of fused-ring (bicyclic) bond motifs is 3. The van der Waals surface area contributed by atoms with Crippen molar-refractivity contribution >= 4 is 32.3 Å². The summed E-state index contributed by atoms with van der Waals surface area (Å²) in [7, 11) is 0. The van der Waals surface area contributed by atoms with E-state index in [1.165, 1.54) is 0 Å². The van der Waals surface area contributed by atoms with Gasteiger partial charge in [-0.2, -0.15) is 0 Å². The van der Waals surface area contributed by atoms with Gasteiger partial charge in [0.15, 0.2) is 0 Å². The van der Waals surface area contributed by atoms with Crippen LogP contribution in [0, 0.1) is 0 Å². The summed E-state index contributed by atoms with van der Waals surface area (Å²) < 4.78 is 65.2. The normalized spacial score (nSPS) is 13.7. The van der Waals surface area contributed by atoms with E-state index in [-0.39, 0.29) is 53.1 Å². The molecule has 0 heteroatoms. The predicted octanol–water partition coefficient (Wildman–Crippen LogP) is 11.8. The summed E-state index contributed by atoms with van der Waals surface area (Å²) in [6, 6.07) is 38.9. The number of hydrogen-bond acceptors (Lipinski definition) is 0. The van der Waals surface area contributed by atoms with Crippen molar-refractivity contribution in [3.8, 4) is 44.5 Å². The first-order valence-electron chi connectivity index (χ1n) is 17.5. The van der Waals surface area contributed by atoms with Gasteiger partial charge in [0.25, 0.3) is 0 Å². The summed E-state index contributed by atoms with van der Waals surface area (Å²) in [6.45, 7) is 0. The molecule has 0 fully saturated rings. The number of rotatable bonds is 4. The Morgan fingerprint density at radius 3 is 1.71 bits per heavy atom. The molecular formula is C42H28. The Morgan fingerprint density at radius 2 is 0.952 bits per heavy atom. The Hall–Kier alpha value is -5.46. The molecular weight excluding hydrogens is 504 g/mol. The van der Waals surface area contributed by atoms with Gasteiger partial charge in [-0.15, -0.1) is 0 Å². The molecule has 0 spiro atoms. The van der Waals surface area contributed by atoms with Crippen LogP contribution in [0.1, 0.15) is 9.60 Å². The van der Waals surface area contributed by atoms with Gasteiger partial charge in [0.2, 0.25) is 0 Å². The molecule has 8 rings (SSSR count). The first-order valence-corrected chi connectivity index (χ1v) is 14.0. The quantitative estimate of drug-likeness (QED) is 0.195. The monoisotopic (exact) mass is 539 g/mol. The smallest absolute Gasteiger partial charge is 0.0622 e. The fourth-order valence-electron chi connectivity index (χ4n) is 5.94. The highest BCUT2D eigenvalue weighted by Gasteiger charge is 2.19. The van der Waals surface area contributed by atoms with Gasteiger partial charge in [-0.05, 0) is 88.9 Å². The van der Waals surface area contributed by atoms with Gasteiger partial charge >= 0.3 is 0 Å². The molecule has 0 atom stereocenters. The largest absolute Gasteiger partial charge is 0.0636 e. The Morgan fingerprint density at radius 1 is 0.357 bits per heavy atom. The van der Waals surface area contributed by atoms with Gasteiger partial charge in [0, 0.05) is 0 Å². The lowest BCUT2D eigenvalue weighted by molar-refractivity contribution is 1.60. The molecule has 8 aromatic rings. The van der Waals surface area contributed by atoms with Crippen LogP contribution in [0.4, 0.5) is 0 Å². The third kappa shape index (κ3) is 4.08. The maximum atomic E-state index is 9.89. The summed E-state index contributed by atoms with van der Waals surface area (Å²) >= 11 is 0. The van der Waals surface area contributed by atoms with Gasteiger partial charge in [-0.1, -0.05) is 158 Å². The molecule has 0 aliphatic carbocycles. The highest BCUT2D eigenvalue weighted by molar-refractivity contribution is 6.23. The minimum absolute atomic E-state index is 0.0258. The topological polar surface area (TPSA) is 0 Å². The van der Waals surface area contributed by atoms with E-state index in [0.29, 0.717) is 44.2 Å². The lowest BCUT2D eigenvalue weighted by Crippen LogP contribution is -1.93. The van der Waals surface area contributed by atoms with Gasteiger partial charge < -0.3 is 0 Å². The molecule has 196 valence electrons. The zero-order valence-electron chi connectivity index (χ0n) is 29.6. The van der Waals surface area contributed by atoms with E-state index >= 15 is 0 Å². The zero-order chi connectivity index (χ0) is 34.0. The van der Waals surface area contributed by atoms with Crippen molar-refractivity contribution < 1.29 is 9.60 Å². The second-order valence-corrected chi connectivity index (χ2v) is 10.3. The molecule has 0 radical (unpaired) electrons. The lowest BCUT2D eigenvalue weighted by atomic mass is 9.83. The van der Waals surface area contributed by atoms with Crippen LogP contribution in [0.5, 0.6) is 0 Å². The van der Waals surface area contributed by atoms with Crippen molar-refractivity contribution in [3.05, 3.63) is 170 Å². The molecule has 0 aliphatic heterocycles. The molecule has 0 nitrogen and oxygen atoms in total. The Kier molecular flexibility index (Phi) is 4.38. The minimum Gasteiger partial charge on any atom is -0.0622 e. The van der Waals surface area contributed by atoms with Crippen LogP contribution in [-0.4, -0.2) is 0 Å². The second kappa shape index (κ2) is 10.2. The Bertz CT molecular complexity index is 2610. The fourth-order valence-corrected chi connectivity index (χ4v) is 5.94. The Labute approximate surface area is 256 Å². The van der Waals surface area contributed by atoms with Crippen molar-refractivity contribution in [2.24, 2.45) is 0 Å². The van der Waals surface area contributed by atoms with E-state index in [9.17, 15) is 6.85 Å². The summed E-state index contributed by atoms with van der Waals surface area (Å²) in [5.74, 6) is 0. The van der Waals surface area contributed by atoms with Gasteiger partial charge in [-0.3, -0.25) is 0 Å².